The maximum atomic E-state index is 13.5. The highest BCUT2D eigenvalue weighted by molar-refractivity contribution is 7.90. The Morgan fingerprint density at radius 3 is 2.55 bits per heavy atom. The quantitative estimate of drug-likeness (QED) is 0.430. The number of hydrogen-bond donors (Lipinski definition) is 3. The lowest BCUT2D eigenvalue weighted by Gasteiger charge is -2.10. The number of benzene rings is 2. The first-order valence-corrected chi connectivity index (χ1v) is 10.1. The molecule has 9 heteroatoms. The van der Waals surface area contributed by atoms with Gasteiger partial charge in [-0.05, 0) is 30.2 Å². The summed E-state index contributed by atoms with van der Waals surface area (Å²) in [5, 5.41) is 29.7. The number of fused-ring (bicyclic) bond motifs is 2. The largest absolute Gasteiger partial charge is 0.504 e. The van der Waals surface area contributed by atoms with E-state index in [9.17, 15) is 23.4 Å². The van der Waals surface area contributed by atoms with Gasteiger partial charge in [0, 0.05) is 35.7 Å². The molecule has 0 atom stereocenters. The Morgan fingerprint density at radius 1 is 1.07 bits per heavy atom. The Kier molecular flexibility index (Phi) is 4.39. The molecular weight excluding hydrogens is 396 g/mol. The fraction of sp³-hybridized carbons (Fsp3) is 0.100. The van der Waals surface area contributed by atoms with Crippen LogP contribution in [-0.2, 0) is 21.2 Å². The summed E-state index contributed by atoms with van der Waals surface area (Å²) in [6.07, 6.45) is 2.67. The Morgan fingerprint density at radius 2 is 1.79 bits per heavy atom. The summed E-state index contributed by atoms with van der Waals surface area (Å²) in [4.78, 5) is 15.1. The number of carboxylic acid groups (broad SMARTS) is 1. The zero-order valence-corrected chi connectivity index (χ0v) is 15.8. The van der Waals surface area contributed by atoms with Gasteiger partial charge in [0.15, 0.2) is 11.5 Å². The SMILES string of the molecule is O=C(O)CCc1cn(S(=O)(=O)c2cccc3cccnc23)c2cc(O)c(O)cc12. The van der Waals surface area contributed by atoms with Crippen LogP contribution in [0.4, 0.5) is 0 Å². The number of phenolic OH excluding ortho intramolecular Hbond substituents is 2. The van der Waals surface area contributed by atoms with Crippen molar-refractivity contribution in [3.8, 4) is 11.5 Å². The lowest BCUT2D eigenvalue weighted by molar-refractivity contribution is -0.136. The third-order valence-electron chi connectivity index (χ3n) is 4.69. The van der Waals surface area contributed by atoms with Gasteiger partial charge in [0.25, 0.3) is 10.0 Å². The van der Waals surface area contributed by atoms with Crippen LogP contribution in [0, 0.1) is 0 Å². The topological polar surface area (TPSA) is 130 Å². The first-order chi connectivity index (χ1) is 13.8. The average molecular weight is 412 g/mol. The summed E-state index contributed by atoms with van der Waals surface area (Å²) < 4.78 is 27.9. The predicted octanol–water partition coefficient (Wildman–Crippen LogP) is 2.85. The zero-order valence-electron chi connectivity index (χ0n) is 15.0. The molecule has 2 aromatic heterocycles. The molecule has 4 aromatic rings. The van der Waals surface area contributed by atoms with Gasteiger partial charge >= 0.3 is 5.97 Å². The Labute approximate surface area is 165 Å². The lowest BCUT2D eigenvalue weighted by atomic mass is 10.1. The molecule has 2 aromatic carbocycles. The number of aromatic hydroxyl groups is 2. The van der Waals surface area contributed by atoms with Crippen LogP contribution in [0.1, 0.15) is 12.0 Å². The van der Waals surface area contributed by atoms with Crippen LogP contribution < -0.4 is 0 Å². The second kappa shape index (κ2) is 6.78. The van der Waals surface area contributed by atoms with Gasteiger partial charge in [-0.3, -0.25) is 9.78 Å². The number of phenols is 2. The van der Waals surface area contributed by atoms with Crippen LogP contribution in [0.3, 0.4) is 0 Å². The summed E-state index contributed by atoms with van der Waals surface area (Å²) in [5.74, 6) is -1.93. The smallest absolute Gasteiger partial charge is 0.303 e. The van der Waals surface area contributed by atoms with Crippen molar-refractivity contribution >= 4 is 37.8 Å². The van der Waals surface area contributed by atoms with Crippen molar-refractivity contribution in [3.05, 3.63) is 60.4 Å². The average Bonchev–Trinajstić information content (AvgIpc) is 3.04. The summed E-state index contributed by atoms with van der Waals surface area (Å²) >= 11 is 0. The molecule has 0 fully saturated rings. The molecule has 2 heterocycles. The molecule has 8 nitrogen and oxygen atoms in total. The first-order valence-electron chi connectivity index (χ1n) is 8.66. The van der Waals surface area contributed by atoms with E-state index in [0.29, 0.717) is 21.9 Å². The number of rotatable bonds is 5. The first kappa shape index (κ1) is 18.8. The second-order valence-electron chi connectivity index (χ2n) is 6.54. The molecule has 0 saturated carbocycles. The molecule has 4 rings (SSSR count). The van der Waals surface area contributed by atoms with Crippen LogP contribution in [0.2, 0.25) is 0 Å². The van der Waals surface area contributed by atoms with Crippen molar-refractivity contribution in [3.63, 3.8) is 0 Å². The molecular formula is C20H16N2O6S. The number of carbonyl (C=O) groups is 1. The third kappa shape index (κ3) is 3.15. The zero-order chi connectivity index (χ0) is 20.8. The highest BCUT2D eigenvalue weighted by Gasteiger charge is 2.25. The van der Waals surface area contributed by atoms with Crippen LogP contribution in [0.15, 0.2) is 59.8 Å². The van der Waals surface area contributed by atoms with E-state index in [1.54, 1.807) is 24.3 Å². The summed E-state index contributed by atoms with van der Waals surface area (Å²) in [6.45, 7) is 0. The number of hydrogen-bond acceptors (Lipinski definition) is 6. The molecule has 0 aliphatic rings. The molecule has 0 bridgehead atoms. The predicted molar refractivity (Wildman–Crippen MR) is 106 cm³/mol. The van der Waals surface area contributed by atoms with Gasteiger partial charge in [-0.15, -0.1) is 0 Å². The Hall–Kier alpha value is -3.59. The van der Waals surface area contributed by atoms with Crippen molar-refractivity contribution in [2.24, 2.45) is 0 Å². The van der Waals surface area contributed by atoms with Gasteiger partial charge in [0.2, 0.25) is 0 Å². The van der Waals surface area contributed by atoms with Crippen molar-refractivity contribution < 1.29 is 28.5 Å². The van der Waals surface area contributed by atoms with E-state index in [-0.39, 0.29) is 23.3 Å². The van der Waals surface area contributed by atoms with Gasteiger partial charge < -0.3 is 15.3 Å². The fourth-order valence-corrected chi connectivity index (χ4v) is 4.87. The number of nitrogens with zero attached hydrogens (tertiary/aromatic N) is 2. The number of para-hydroxylation sites is 1. The van der Waals surface area contributed by atoms with Gasteiger partial charge in [-0.2, -0.15) is 0 Å². The third-order valence-corrected chi connectivity index (χ3v) is 6.40. The number of carboxylic acids is 1. The Bertz CT molecular complexity index is 1370. The Balaban J connectivity index is 1.99. The molecule has 148 valence electrons. The number of pyridine rings is 1. The van der Waals surface area contributed by atoms with E-state index >= 15 is 0 Å². The minimum absolute atomic E-state index is 0.0233. The van der Waals surface area contributed by atoms with E-state index < -0.39 is 27.5 Å². The fourth-order valence-electron chi connectivity index (χ4n) is 3.32. The summed E-state index contributed by atoms with van der Waals surface area (Å²) in [7, 11) is -4.13. The van der Waals surface area contributed by atoms with Crippen molar-refractivity contribution in [1.29, 1.82) is 0 Å². The molecule has 0 aliphatic heterocycles. The second-order valence-corrected chi connectivity index (χ2v) is 8.32. The monoisotopic (exact) mass is 412 g/mol. The molecule has 29 heavy (non-hydrogen) atoms. The highest BCUT2D eigenvalue weighted by atomic mass is 32.2. The maximum absolute atomic E-state index is 13.5. The van der Waals surface area contributed by atoms with Gasteiger partial charge in [0.1, 0.15) is 4.90 Å². The molecule has 3 N–H and O–H groups in total. The number of aromatic nitrogens is 2. The van der Waals surface area contributed by atoms with Gasteiger partial charge in [-0.1, -0.05) is 18.2 Å². The maximum Gasteiger partial charge on any atom is 0.303 e. The minimum Gasteiger partial charge on any atom is -0.504 e. The molecule has 0 saturated heterocycles. The van der Waals surface area contributed by atoms with E-state index in [1.165, 1.54) is 24.5 Å². The lowest BCUT2D eigenvalue weighted by Crippen LogP contribution is -2.12. The van der Waals surface area contributed by atoms with Crippen LogP contribution in [0.5, 0.6) is 11.5 Å². The van der Waals surface area contributed by atoms with Gasteiger partial charge in [0.05, 0.1) is 11.0 Å². The highest BCUT2D eigenvalue weighted by Crippen LogP contribution is 2.36. The van der Waals surface area contributed by atoms with E-state index in [0.717, 1.165) is 10.0 Å². The molecule has 0 amide bonds. The standard InChI is InChI=1S/C20H16N2O6S/c23-16-9-14-13(6-7-19(25)26)11-22(15(14)10-17(16)24)29(27,28)18-5-1-3-12-4-2-8-21-20(12)18/h1-5,8-11,23-24H,6-7H2,(H,25,26). The molecule has 0 aliphatic carbocycles. The number of aliphatic carboxylic acids is 1. The number of aryl methyl sites for hydroxylation is 1. The minimum atomic E-state index is -4.13. The van der Waals surface area contributed by atoms with Gasteiger partial charge in [-0.25, -0.2) is 12.4 Å². The van der Waals surface area contributed by atoms with Crippen LogP contribution in [0.25, 0.3) is 21.8 Å². The normalized spacial score (nSPS) is 11.9. The van der Waals surface area contributed by atoms with Crippen molar-refractivity contribution in [2.75, 3.05) is 0 Å². The summed E-state index contributed by atoms with van der Waals surface area (Å²) in [6, 6.07) is 10.6. The van der Waals surface area contributed by atoms with E-state index in [2.05, 4.69) is 4.98 Å². The van der Waals surface area contributed by atoms with Crippen LogP contribution >= 0.6 is 0 Å². The summed E-state index contributed by atoms with van der Waals surface area (Å²) in [5.41, 5.74) is 0.857. The van der Waals surface area contributed by atoms with Crippen molar-refractivity contribution in [2.45, 2.75) is 17.7 Å². The van der Waals surface area contributed by atoms with E-state index in [4.69, 9.17) is 5.11 Å². The van der Waals surface area contributed by atoms with Crippen LogP contribution in [-0.4, -0.2) is 38.7 Å². The van der Waals surface area contributed by atoms with Crippen molar-refractivity contribution in [1.82, 2.24) is 8.96 Å². The van der Waals surface area contributed by atoms with E-state index in [1.807, 2.05) is 0 Å². The molecule has 0 spiro atoms. The molecule has 0 unspecified atom stereocenters. The molecule has 0 radical (unpaired) electrons.